The molecule has 2 aromatic carbocycles. The van der Waals surface area contributed by atoms with E-state index in [0.29, 0.717) is 6.42 Å². The van der Waals surface area contributed by atoms with Crippen LogP contribution in [0, 0.1) is 0 Å². The van der Waals surface area contributed by atoms with E-state index in [0.717, 1.165) is 33.7 Å². The summed E-state index contributed by atoms with van der Waals surface area (Å²) in [5, 5.41) is 0. The summed E-state index contributed by atoms with van der Waals surface area (Å²) in [5.41, 5.74) is 12.6. The fourth-order valence-electron chi connectivity index (χ4n) is 3.11. The highest BCUT2D eigenvalue weighted by Crippen LogP contribution is 2.26. The second kappa shape index (κ2) is 7.03. The third-order valence-electron chi connectivity index (χ3n) is 4.50. The number of pyridine rings is 1. The first-order valence-electron chi connectivity index (χ1n) is 8.85. The molecule has 4 rings (SSSR count). The van der Waals surface area contributed by atoms with Crippen molar-refractivity contribution >= 4 is 22.7 Å². The highest BCUT2D eigenvalue weighted by molar-refractivity contribution is 5.81. The molecule has 0 unspecified atom stereocenters. The predicted molar refractivity (Wildman–Crippen MR) is 111 cm³/mol. The average Bonchev–Trinajstić information content (AvgIpc) is 2.68. The van der Waals surface area contributed by atoms with Crippen molar-refractivity contribution in [1.82, 2.24) is 15.0 Å². The zero-order valence-electron chi connectivity index (χ0n) is 15.4. The van der Waals surface area contributed by atoms with Gasteiger partial charge in [-0.25, -0.2) is 15.0 Å². The fourth-order valence-corrected chi connectivity index (χ4v) is 3.11. The van der Waals surface area contributed by atoms with Crippen LogP contribution in [0.25, 0.3) is 22.3 Å². The van der Waals surface area contributed by atoms with Crippen LogP contribution in [0.3, 0.4) is 0 Å². The largest absolute Gasteiger partial charge is 0.378 e. The van der Waals surface area contributed by atoms with Crippen molar-refractivity contribution in [3.8, 4) is 11.3 Å². The van der Waals surface area contributed by atoms with E-state index in [9.17, 15) is 0 Å². The van der Waals surface area contributed by atoms with Crippen molar-refractivity contribution in [2.24, 2.45) is 0 Å². The minimum atomic E-state index is 0.276. The van der Waals surface area contributed by atoms with Crippen LogP contribution in [0.2, 0.25) is 0 Å². The first kappa shape index (κ1) is 17.0. The fraction of sp³-hybridized carbons (Fsp3) is 0.136. The lowest BCUT2D eigenvalue weighted by Crippen LogP contribution is -2.08. The maximum atomic E-state index is 5.93. The van der Waals surface area contributed by atoms with Gasteiger partial charge in [0.2, 0.25) is 5.95 Å². The molecule has 0 amide bonds. The van der Waals surface area contributed by atoms with Crippen LogP contribution in [0.1, 0.15) is 11.3 Å². The molecule has 2 N–H and O–H groups in total. The van der Waals surface area contributed by atoms with Gasteiger partial charge in [0.1, 0.15) is 5.52 Å². The van der Waals surface area contributed by atoms with E-state index in [1.807, 2.05) is 50.5 Å². The van der Waals surface area contributed by atoms with Crippen molar-refractivity contribution in [1.29, 1.82) is 0 Å². The molecule has 0 radical (unpaired) electrons. The summed E-state index contributed by atoms with van der Waals surface area (Å²) in [7, 11) is 4.06. The first-order chi connectivity index (χ1) is 13.1. The van der Waals surface area contributed by atoms with Crippen molar-refractivity contribution < 1.29 is 0 Å². The molecule has 4 aromatic rings. The van der Waals surface area contributed by atoms with Crippen molar-refractivity contribution in [2.45, 2.75) is 6.42 Å². The third kappa shape index (κ3) is 3.58. The first-order valence-corrected chi connectivity index (χ1v) is 8.85. The van der Waals surface area contributed by atoms with Crippen molar-refractivity contribution in [3.63, 3.8) is 0 Å². The molecule has 2 aromatic heterocycles. The highest BCUT2D eigenvalue weighted by Gasteiger charge is 2.11. The molecule has 5 nitrogen and oxygen atoms in total. The topological polar surface area (TPSA) is 67.9 Å². The van der Waals surface area contributed by atoms with Crippen LogP contribution < -0.4 is 10.6 Å². The summed E-state index contributed by atoms with van der Waals surface area (Å²) in [6.07, 6.45) is 0.665. The molecule has 0 aliphatic carbocycles. The quantitative estimate of drug-likeness (QED) is 0.601. The van der Waals surface area contributed by atoms with E-state index < -0.39 is 0 Å². The Hall–Kier alpha value is -3.47. The lowest BCUT2D eigenvalue weighted by molar-refractivity contribution is 1.06. The molecule has 2 heterocycles. The number of fused-ring (bicyclic) bond motifs is 1. The lowest BCUT2D eigenvalue weighted by Gasteiger charge is -2.14. The Morgan fingerprint density at radius 1 is 0.852 bits per heavy atom. The number of hydrogen-bond acceptors (Lipinski definition) is 5. The van der Waals surface area contributed by atoms with E-state index in [4.69, 9.17) is 10.7 Å². The number of nitrogens with two attached hydrogens (primary N) is 1. The van der Waals surface area contributed by atoms with Crippen LogP contribution in [0.4, 0.5) is 11.6 Å². The van der Waals surface area contributed by atoms with Crippen molar-refractivity contribution in [2.75, 3.05) is 24.7 Å². The molecule has 0 saturated carbocycles. The van der Waals surface area contributed by atoms with Crippen LogP contribution in [-0.2, 0) is 6.42 Å². The van der Waals surface area contributed by atoms with E-state index in [-0.39, 0.29) is 5.95 Å². The molecular weight excluding hydrogens is 334 g/mol. The van der Waals surface area contributed by atoms with Gasteiger partial charge in [0.15, 0.2) is 0 Å². The zero-order chi connectivity index (χ0) is 18.8. The number of benzene rings is 2. The Morgan fingerprint density at radius 3 is 2.44 bits per heavy atom. The lowest BCUT2D eigenvalue weighted by atomic mass is 10.1. The number of hydrogen-bond donors (Lipinski definition) is 1. The van der Waals surface area contributed by atoms with E-state index in [1.165, 1.54) is 5.56 Å². The number of rotatable bonds is 4. The van der Waals surface area contributed by atoms with Crippen LogP contribution in [-0.4, -0.2) is 29.0 Å². The van der Waals surface area contributed by atoms with Crippen LogP contribution in [0.15, 0.2) is 66.7 Å². The maximum absolute atomic E-state index is 5.93. The third-order valence-corrected chi connectivity index (χ3v) is 4.50. The summed E-state index contributed by atoms with van der Waals surface area (Å²) < 4.78 is 0. The number of aromatic nitrogens is 3. The summed E-state index contributed by atoms with van der Waals surface area (Å²) in [6.45, 7) is 0. The summed E-state index contributed by atoms with van der Waals surface area (Å²) >= 11 is 0. The van der Waals surface area contributed by atoms with Crippen LogP contribution in [0.5, 0.6) is 0 Å². The Bertz CT molecular complexity index is 1090. The molecule has 5 heteroatoms. The maximum Gasteiger partial charge on any atom is 0.220 e. The molecule has 134 valence electrons. The molecular formula is C22H21N5. The summed E-state index contributed by atoms with van der Waals surface area (Å²) in [5.74, 6) is 0.276. The molecule has 0 fully saturated rings. The normalized spacial score (nSPS) is 10.9. The molecule has 0 atom stereocenters. The molecule has 0 bridgehead atoms. The van der Waals surface area contributed by atoms with E-state index in [2.05, 4.69) is 45.2 Å². The van der Waals surface area contributed by atoms with Gasteiger partial charge in [0, 0.05) is 31.8 Å². The second-order valence-corrected chi connectivity index (χ2v) is 6.70. The Labute approximate surface area is 158 Å². The Balaban J connectivity index is 1.82. The number of nitrogen functional groups attached to an aromatic ring is 1. The van der Waals surface area contributed by atoms with Gasteiger partial charge in [0.25, 0.3) is 0 Å². The zero-order valence-corrected chi connectivity index (χ0v) is 15.4. The monoisotopic (exact) mass is 355 g/mol. The molecule has 0 spiro atoms. The predicted octanol–water partition coefficient (Wildman–Crippen LogP) is 3.93. The minimum Gasteiger partial charge on any atom is -0.378 e. The van der Waals surface area contributed by atoms with Gasteiger partial charge >= 0.3 is 0 Å². The summed E-state index contributed by atoms with van der Waals surface area (Å²) in [4.78, 5) is 15.8. The van der Waals surface area contributed by atoms with Crippen molar-refractivity contribution in [3.05, 3.63) is 78.0 Å². The molecule has 0 aliphatic heterocycles. The van der Waals surface area contributed by atoms with Gasteiger partial charge in [-0.3, -0.25) is 0 Å². The Kier molecular flexibility index (Phi) is 4.42. The Morgan fingerprint density at radius 2 is 1.67 bits per heavy atom. The molecule has 0 saturated heterocycles. The smallest absolute Gasteiger partial charge is 0.220 e. The number of anilines is 2. The molecule has 0 aliphatic rings. The second-order valence-electron chi connectivity index (χ2n) is 6.70. The highest BCUT2D eigenvalue weighted by atomic mass is 15.1. The number of nitrogens with zero attached hydrogens (tertiary/aromatic N) is 4. The van der Waals surface area contributed by atoms with Gasteiger partial charge in [-0.2, -0.15) is 0 Å². The van der Waals surface area contributed by atoms with Gasteiger partial charge in [-0.05, 0) is 29.8 Å². The van der Waals surface area contributed by atoms with Gasteiger partial charge in [0.05, 0.1) is 16.9 Å². The SMILES string of the molecule is CN(C)c1cccc(-c2ccc3nc(N)nc(Cc4ccccc4)c3n2)c1. The summed E-state index contributed by atoms with van der Waals surface area (Å²) in [6, 6.07) is 22.5. The van der Waals surface area contributed by atoms with Gasteiger partial charge in [-0.15, -0.1) is 0 Å². The van der Waals surface area contributed by atoms with E-state index in [1.54, 1.807) is 0 Å². The van der Waals surface area contributed by atoms with Gasteiger partial charge in [-0.1, -0.05) is 42.5 Å². The standard InChI is InChI=1S/C22H21N5/c1-27(2)17-10-6-9-16(14-17)18-11-12-19-21(24-18)20(26-22(23)25-19)13-15-7-4-3-5-8-15/h3-12,14H,13H2,1-2H3,(H2,23,25,26). The molecule has 27 heavy (non-hydrogen) atoms. The van der Waals surface area contributed by atoms with E-state index >= 15 is 0 Å². The van der Waals surface area contributed by atoms with Gasteiger partial charge < -0.3 is 10.6 Å². The average molecular weight is 355 g/mol. The minimum absolute atomic E-state index is 0.276. The van der Waals surface area contributed by atoms with Crippen LogP contribution >= 0.6 is 0 Å².